The van der Waals surface area contributed by atoms with Crippen LogP contribution in [0.25, 0.3) is 0 Å². The van der Waals surface area contributed by atoms with Crippen LogP contribution in [0.1, 0.15) is 49.8 Å². The Kier molecular flexibility index (Phi) is 5.76. The topological polar surface area (TPSA) is 50.4 Å². The van der Waals surface area contributed by atoms with Gasteiger partial charge >= 0.3 is 0 Å². The van der Waals surface area contributed by atoms with Crippen LogP contribution in [0.2, 0.25) is 0 Å². The fourth-order valence-corrected chi connectivity index (χ4v) is 2.98. The highest BCUT2D eigenvalue weighted by molar-refractivity contribution is 5.81. The van der Waals surface area contributed by atoms with E-state index < -0.39 is 0 Å². The van der Waals surface area contributed by atoms with Crippen LogP contribution in [0, 0.1) is 0 Å². The Labute approximate surface area is 127 Å². The average molecular weight is 290 g/mol. The number of rotatable bonds is 6. The highest BCUT2D eigenvalue weighted by Crippen LogP contribution is 2.37. The molecule has 3 unspecified atom stereocenters. The molecule has 116 valence electrons. The molecule has 0 radical (unpaired) electrons. The molecule has 0 spiro atoms. The lowest BCUT2D eigenvalue weighted by molar-refractivity contribution is -0.123. The third-order valence-corrected chi connectivity index (χ3v) is 4.24. The van der Waals surface area contributed by atoms with Gasteiger partial charge in [-0.3, -0.25) is 10.1 Å². The van der Waals surface area contributed by atoms with Crippen LogP contribution in [0.3, 0.4) is 0 Å². The van der Waals surface area contributed by atoms with E-state index in [1.807, 2.05) is 6.92 Å². The quantitative estimate of drug-likeness (QED) is 0.791. The number of ether oxygens (including phenoxy) is 1. The summed E-state index contributed by atoms with van der Waals surface area (Å²) in [5, 5.41) is 6.35. The summed E-state index contributed by atoms with van der Waals surface area (Å²) in [7, 11) is 1.63. The van der Waals surface area contributed by atoms with E-state index in [-0.39, 0.29) is 18.0 Å². The third-order valence-electron chi connectivity index (χ3n) is 4.24. The normalized spacial score (nSPS) is 22.4. The molecule has 1 aliphatic carbocycles. The van der Waals surface area contributed by atoms with Gasteiger partial charge in [0.15, 0.2) is 0 Å². The molecule has 1 aliphatic rings. The number of hydrogen-bond donors (Lipinski definition) is 2. The summed E-state index contributed by atoms with van der Waals surface area (Å²) in [6.07, 6.45) is 2.24. The molecule has 3 atom stereocenters. The van der Waals surface area contributed by atoms with Crippen molar-refractivity contribution in [3.63, 3.8) is 0 Å². The van der Waals surface area contributed by atoms with Crippen LogP contribution >= 0.6 is 0 Å². The van der Waals surface area contributed by atoms with Crippen LogP contribution in [0.5, 0.6) is 0 Å². The second-order valence-electron chi connectivity index (χ2n) is 5.83. The Bertz CT molecular complexity index is 476. The van der Waals surface area contributed by atoms with Gasteiger partial charge in [-0.2, -0.15) is 0 Å². The van der Waals surface area contributed by atoms with Crippen LogP contribution < -0.4 is 10.6 Å². The standard InChI is InChI=1S/C17H26N2O2/c1-12-8-9-16(15-7-5-4-6-14(12)15)19-13(2)17(20)18-10-11-21-3/h4-7,12-13,16,19H,8-11H2,1-3H3,(H,18,20). The monoisotopic (exact) mass is 290 g/mol. The summed E-state index contributed by atoms with van der Waals surface area (Å²) in [4.78, 5) is 12.0. The Morgan fingerprint density at radius 3 is 2.76 bits per heavy atom. The minimum absolute atomic E-state index is 0.0307. The first kappa shape index (κ1) is 16.0. The van der Waals surface area contributed by atoms with E-state index in [0.717, 1.165) is 12.8 Å². The van der Waals surface area contributed by atoms with Crippen molar-refractivity contribution >= 4 is 5.91 Å². The number of benzene rings is 1. The smallest absolute Gasteiger partial charge is 0.236 e. The Morgan fingerprint density at radius 2 is 2.05 bits per heavy atom. The van der Waals surface area contributed by atoms with Crippen molar-refractivity contribution in [1.82, 2.24) is 10.6 Å². The van der Waals surface area contributed by atoms with E-state index in [1.165, 1.54) is 11.1 Å². The molecule has 2 N–H and O–H groups in total. The number of carbonyl (C=O) groups excluding carboxylic acids is 1. The predicted octanol–water partition coefficient (Wildman–Crippen LogP) is 2.37. The van der Waals surface area contributed by atoms with Gasteiger partial charge in [-0.25, -0.2) is 0 Å². The summed E-state index contributed by atoms with van der Waals surface area (Å²) in [6, 6.07) is 8.62. The van der Waals surface area contributed by atoms with Crippen molar-refractivity contribution in [1.29, 1.82) is 0 Å². The van der Waals surface area contributed by atoms with Gasteiger partial charge in [0.2, 0.25) is 5.91 Å². The minimum Gasteiger partial charge on any atom is -0.383 e. The molecule has 0 aliphatic heterocycles. The summed E-state index contributed by atoms with van der Waals surface area (Å²) in [5.41, 5.74) is 2.75. The number of amides is 1. The summed E-state index contributed by atoms with van der Waals surface area (Å²) < 4.78 is 4.95. The van der Waals surface area contributed by atoms with Gasteiger partial charge in [-0.05, 0) is 36.8 Å². The molecule has 2 rings (SSSR count). The van der Waals surface area contributed by atoms with E-state index in [9.17, 15) is 4.79 Å². The zero-order chi connectivity index (χ0) is 15.2. The molecule has 0 saturated carbocycles. The molecule has 1 amide bonds. The van der Waals surface area contributed by atoms with Gasteiger partial charge in [0, 0.05) is 19.7 Å². The SMILES string of the molecule is COCCNC(=O)C(C)NC1CCC(C)c2ccccc21. The van der Waals surface area contributed by atoms with Gasteiger partial charge in [-0.15, -0.1) is 0 Å². The van der Waals surface area contributed by atoms with Crippen molar-refractivity contribution in [2.75, 3.05) is 20.3 Å². The summed E-state index contributed by atoms with van der Waals surface area (Å²) >= 11 is 0. The molecule has 0 aromatic heterocycles. The fraction of sp³-hybridized carbons (Fsp3) is 0.588. The summed E-state index contributed by atoms with van der Waals surface area (Å²) in [6.45, 7) is 5.29. The van der Waals surface area contributed by atoms with Gasteiger partial charge in [0.05, 0.1) is 12.6 Å². The Morgan fingerprint density at radius 1 is 1.33 bits per heavy atom. The zero-order valence-electron chi connectivity index (χ0n) is 13.2. The molecule has 4 heteroatoms. The first-order valence-electron chi connectivity index (χ1n) is 7.75. The molecule has 0 fully saturated rings. The molecule has 0 bridgehead atoms. The van der Waals surface area contributed by atoms with E-state index in [2.05, 4.69) is 41.8 Å². The maximum absolute atomic E-state index is 12.0. The van der Waals surface area contributed by atoms with Crippen molar-refractivity contribution in [3.05, 3.63) is 35.4 Å². The van der Waals surface area contributed by atoms with Gasteiger partial charge in [0.1, 0.15) is 0 Å². The third kappa shape index (κ3) is 4.05. The van der Waals surface area contributed by atoms with Crippen molar-refractivity contribution in [2.45, 2.75) is 44.7 Å². The lowest BCUT2D eigenvalue weighted by Gasteiger charge is -2.32. The van der Waals surface area contributed by atoms with Gasteiger partial charge in [0.25, 0.3) is 0 Å². The maximum Gasteiger partial charge on any atom is 0.236 e. The van der Waals surface area contributed by atoms with E-state index in [4.69, 9.17) is 4.74 Å². The fourth-order valence-electron chi connectivity index (χ4n) is 2.98. The number of nitrogens with one attached hydrogen (secondary N) is 2. The Balaban J connectivity index is 1.97. The second-order valence-corrected chi connectivity index (χ2v) is 5.83. The maximum atomic E-state index is 12.0. The van der Waals surface area contributed by atoms with Crippen LogP contribution in [-0.2, 0) is 9.53 Å². The first-order valence-corrected chi connectivity index (χ1v) is 7.75. The molecule has 0 saturated heterocycles. The zero-order valence-corrected chi connectivity index (χ0v) is 13.2. The number of hydrogen-bond acceptors (Lipinski definition) is 3. The van der Waals surface area contributed by atoms with Crippen molar-refractivity contribution in [2.24, 2.45) is 0 Å². The van der Waals surface area contributed by atoms with Crippen LogP contribution in [-0.4, -0.2) is 32.2 Å². The van der Waals surface area contributed by atoms with Crippen molar-refractivity contribution < 1.29 is 9.53 Å². The van der Waals surface area contributed by atoms with Crippen molar-refractivity contribution in [3.8, 4) is 0 Å². The highest BCUT2D eigenvalue weighted by atomic mass is 16.5. The molecule has 4 nitrogen and oxygen atoms in total. The van der Waals surface area contributed by atoms with Gasteiger partial charge < -0.3 is 10.1 Å². The molecular formula is C17H26N2O2. The van der Waals surface area contributed by atoms with E-state index >= 15 is 0 Å². The molecular weight excluding hydrogens is 264 g/mol. The lowest BCUT2D eigenvalue weighted by atomic mass is 9.81. The molecule has 1 aromatic carbocycles. The highest BCUT2D eigenvalue weighted by Gasteiger charge is 2.26. The number of carbonyl (C=O) groups is 1. The van der Waals surface area contributed by atoms with E-state index in [0.29, 0.717) is 19.1 Å². The average Bonchev–Trinajstić information content (AvgIpc) is 2.50. The molecule has 1 aromatic rings. The minimum atomic E-state index is -0.201. The van der Waals surface area contributed by atoms with Crippen LogP contribution in [0.4, 0.5) is 0 Å². The number of fused-ring (bicyclic) bond motifs is 1. The van der Waals surface area contributed by atoms with Crippen LogP contribution in [0.15, 0.2) is 24.3 Å². The Hall–Kier alpha value is -1.39. The predicted molar refractivity (Wildman–Crippen MR) is 84.3 cm³/mol. The lowest BCUT2D eigenvalue weighted by Crippen LogP contribution is -2.45. The first-order chi connectivity index (χ1) is 10.1. The summed E-state index contributed by atoms with van der Waals surface area (Å²) in [5.74, 6) is 0.633. The number of methoxy groups -OCH3 is 1. The van der Waals surface area contributed by atoms with E-state index in [1.54, 1.807) is 7.11 Å². The van der Waals surface area contributed by atoms with Gasteiger partial charge in [-0.1, -0.05) is 31.2 Å². The largest absolute Gasteiger partial charge is 0.383 e. The second kappa shape index (κ2) is 7.57. The molecule has 0 heterocycles. The molecule has 21 heavy (non-hydrogen) atoms.